The smallest absolute Gasteiger partial charge is 0.267 e. The van der Waals surface area contributed by atoms with Gasteiger partial charge in [0.1, 0.15) is 0 Å². The first-order valence-corrected chi connectivity index (χ1v) is 7.19. The van der Waals surface area contributed by atoms with Crippen LogP contribution in [0, 0.1) is 17.0 Å². The summed E-state index contributed by atoms with van der Waals surface area (Å²) in [6.45, 7) is 1.50. The zero-order valence-electron chi connectivity index (χ0n) is 11.9. The van der Waals surface area contributed by atoms with Gasteiger partial charge in [0.25, 0.3) is 11.6 Å². The number of halogens is 2. The van der Waals surface area contributed by atoms with E-state index in [2.05, 4.69) is 10.5 Å². The number of nitro groups is 1. The number of nitrogens with one attached hydrogen (secondary N) is 1. The number of nitro benzene ring substituents is 1. The molecule has 0 bridgehead atoms. The third-order valence-electron chi connectivity index (χ3n) is 3.11. The third-order valence-corrected chi connectivity index (χ3v) is 3.77. The summed E-state index contributed by atoms with van der Waals surface area (Å²) in [5, 5.41) is 15.5. The Morgan fingerprint density at radius 1 is 1.22 bits per heavy atom. The maximum atomic E-state index is 12.1. The summed E-state index contributed by atoms with van der Waals surface area (Å²) < 4.78 is 0. The molecule has 6 nitrogen and oxygen atoms in total. The maximum absolute atomic E-state index is 12.1. The Morgan fingerprint density at radius 2 is 1.83 bits per heavy atom. The molecule has 0 atom stereocenters. The van der Waals surface area contributed by atoms with Gasteiger partial charge in [0.2, 0.25) is 0 Å². The number of benzene rings is 2. The molecule has 0 saturated heterocycles. The molecule has 0 aliphatic rings. The predicted molar refractivity (Wildman–Crippen MR) is 89.4 cm³/mol. The van der Waals surface area contributed by atoms with Crippen molar-refractivity contribution in [1.29, 1.82) is 0 Å². The second kappa shape index (κ2) is 7.21. The summed E-state index contributed by atoms with van der Waals surface area (Å²) in [5.74, 6) is -0.564. The SMILES string of the molecule is Cc1c(C(=O)N/N=C\c2c(Cl)cccc2Cl)cccc1[N+](=O)[O-]. The fourth-order valence-electron chi connectivity index (χ4n) is 1.92. The Balaban J connectivity index is 2.19. The van der Waals surface area contributed by atoms with Crippen molar-refractivity contribution in [2.45, 2.75) is 6.92 Å². The Bertz CT molecular complexity index is 786. The first-order chi connectivity index (χ1) is 10.9. The van der Waals surface area contributed by atoms with Gasteiger partial charge in [-0.15, -0.1) is 0 Å². The molecule has 0 aliphatic carbocycles. The monoisotopic (exact) mass is 351 g/mol. The predicted octanol–water partition coefficient (Wildman–Crippen LogP) is 3.97. The molecular weight excluding hydrogens is 341 g/mol. The van der Waals surface area contributed by atoms with E-state index in [-0.39, 0.29) is 16.8 Å². The van der Waals surface area contributed by atoms with Crippen molar-refractivity contribution in [3.05, 3.63) is 73.2 Å². The highest BCUT2D eigenvalue weighted by atomic mass is 35.5. The molecule has 0 fully saturated rings. The average molecular weight is 352 g/mol. The zero-order chi connectivity index (χ0) is 17.0. The minimum atomic E-state index is -0.564. The lowest BCUT2D eigenvalue weighted by atomic mass is 10.1. The van der Waals surface area contributed by atoms with E-state index in [1.54, 1.807) is 18.2 Å². The lowest BCUT2D eigenvalue weighted by Gasteiger charge is -2.05. The van der Waals surface area contributed by atoms with E-state index in [4.69, 9.17) is 23.2 Å². The summed E-state index contributed by atoms with van der Waals surface area (Å²) in [6, 6.07) is 9.22. The first kappa shape index (κ1) is 16.9. The van der Waals surface area contributed by atoms with E-state index in [9.17, 15) is 14.9 Å². The summed E-state index contributed by atoms with van der Waals surface area (Å²) in [4.78, 5) is 22.4. The molecule has 2 rings (SSSR count). The number of rotatable bonds is 4. The van der Waals surface area contributed by atoms with Gasteiger partial charge in [-0.2, -0.15) is 5.10 Å². The topological polar surface area (TPSA) is 84.6 Å². The van der Waals surface area contributed by atoms with Crippen molar-refractivity contribution in [3.63, 3.8) is 0 Å². The van der Waals surface area contributed by atoms with Crippen LogP contribution < -0.4 is 5.43 Å². The van der Waals surface area contributed by atoms with E-state index in [1.165, 1.54) is 31.3 Å². The van der Waals surface area contributed by atoms with Crippen LogP contribution in [0.1, 0.15) is 21.5 Å². The molecule has 0 heterocycles. The number of amides is 1. The van der Waals surface area contributed by atoms with Crippen LogP contribution in [0.2, 0.25) is 10.0 Å². The number of carbonyl (C=O) groups is 1. The normalized spacial score (nSPS) is 10.7. The van der Waals surface area contributed by atoms with Crippen molar-refractivity contribution < 1.29 is 9.72 Å². The van der Waals surface area contributed by atoms with Crippen LogP contribution in [0.15, 0.2) is 41.5 Å². The van der Waals surface area contributed by atoms with Gasteiger partial charge in [-0.3, -0.25) is 14.9 Å². The van der Waals surface area contributed by atoms with Crippen LogP contribution in [-0.4, -0.2) is 17.0 Å². The van der Waals surface area contributed by atoms with Crippen LogP contribution in [0.3, 0.4) is 0 Å². The fraction of sp³-hybridized carbons (Fsp3) is 0.0667. The summed E-state index contributed by atoms with van der Waals surface area (Å²) in [5.41, 5.74) is 3.07. The highest BCUT2D eigenvalue weighted by molar-refractivity contribution is 6.38. The quantitative estimate of drug-likeness (QED) is 0.513. The molecule has 0 unspecified atom stereocenters. The first-order valence-electron chi connectivity index (χ1n) is 6.43. The molecular formula is C15H11Cl2N3O3. The average Bonchev–Trinajstić information content (AvgIpc) is 2.50. The molecule has 0 radical (unpaired) electrons. The Hall–Kier alpha value is -2.44. The van der Waals surface area contributed by atoms with Gasteiger partial charge in [0.15, 0.2) is 0 Å². The number of carbonyl (C=O) groups excluding carboxylic acids is 1. The van der Waals surface area contributed by atoms with Crippen molar-refractivity contribution in [3.8, 4) is 0 Å². The second-order valence-electron chi connectivity index (χ2n) is 4.54. The standard InChI is InChI=1S/C15H11Cl2N3O3/c1-9-10(4-2-7-14(9)20(22)23)15(21)19-18-8-11-12(16)5-3-6-13(11)17/h2-8H,1H3,(H,19,21)/b18-8-. The van der Waals surface area contributed by atoms with E-state index in [0.29, 0.717) is 15.6 Å². The lowest BCUT2D eigenvalue weighted by Crippen LogP contribution is -2.19. The van der Waals surface area contributed by atoms with Crippen LogP contribution in [0.5, 0.6) is 0 Å². The lowest BCUT2D eigenvalue weighted by molar-refractivity contribution is -0.385. The second-order valence-corrected chi connectivity index (χ2v) is 5.36. The van der Waals surface area contributed by atoms with Crippen LogP contribution in [0.25, 0.3) is 0 Å². The van der Waals surface area contributed by atoms with Crippen molar-refractivity contribution >= 4 is 41.0 Å². The molecule has 1 N–H and O–H groups in total. The van der Waals surface area contributed by atoms with Gasteiger partial charge < -0.3 is 0 Å². The molecule has 0 aromatic heterocycles. The Labute approximate surface area is 141 Å². The summed E-state index contributed by atoms with van der Waals surface area (Å²) in [6.07, 6.45) is 1.31. The molecule has 118 valence electrons. The van der Waals surface area contributed by atoms with Crippen molar-refractivity contribution in [2.24, 2.45) is 5.10 Å². The molecule has 0 saturated carbocycles. The highest BCUT2D eigenvalue weighted by Gasteiger charge is 2.17. The summed E-state index contributed by atoms with van der Waals surface area (Å²) >= 11 is 12.0. The zero-order valence-corrected chi connectivity index (χ0v) is 13.4. The molecule has 23 heavy (non-hydrogen) atoms. The van der Waals surface area contributed by atoms with Gasteiger partial charge in [0, 0.05) is 17.2 Å². The van der Waals surface area contributed by atoms with Crippen LogP contribution in [-0.2, 0) is 0 Å². The van der Waals surface area contributed by atoms with Crippen molar-refractivity contribution in [2.75, 3.05) is 0 Å². The van der Waals surface area contributed by atoms with Gasteiger partial charge in [-0.05, 0) is 25.1 Å². The van der Waals surface area contributed by atoms with E-state index in [1.807, 2.05) is 0 Å². The highest BCUT2D eigenvalue weighted by Crippen LogP contribution is 2.22. The minimum Gasteiger partial charge on any atom is -0.267 e. The molecule has 2 aromatic carbocycles. The number of nitrogens with zero attached hydrogens (tertiary/aromatic N) is 2. The van der Waals surface area contributed by atoms with Crippen LogP contribution >= 0.6 is 23.2 Å². The van der Waals surface area contributed by atoms with Gasteiger partial charge in [-0.25, -0.2) is 5.43 Å². The molecule has 8 heteroatoms. The van der Waals surface area contributed by atoms with E-state index in [0.717, 1.165) is 0 Å². The largest absolute Gasteiger partial charge is 0.273 e. The maximum Gasteiger partial charge on any atom is 0.273 e. The molecule has 0 aliphatic heterocycles. The van der Waals surface area contributed by atoms with E-state index < -0.39 is 10.8 Å². The third kappa shape index (κ3) is 3.85. The van der Waals surface area contributed by atoms with Gasteiger partial charge in [-0.1, -0.05) is 35.3 Å². The van der Waals surface area contributed by atoms with Crippen molar-refractivity contribution in [1.82, 2.24) is 5.43 Å². The van der Waals surface area contributed by atoms with Crippen LogP contribution in [0.4, 0.5) is 5.69 Å². The van der Waals surface area contributed by atoms with Gasteiger partial charge >= 0.3 is 0 Å². The Morgan fingerprint density at radius 3 is 2.43 bits per heavy atom. The number of hydrogen-bond acceptors (Lipinski definition) is 4. The number of hydrazone groups is 1. The number of hydrogen-bond donors (Lipinski definition) is 1. The Kier molecular flexibility index (Phi) is 5.31. The fourth-order valence-corrected chi connectivity index (χ4v) is 2.41. The molecule has 0 spiro atoms. The minimum absolute atomic E-state index is 0.129. The van der Waals surface area contributed by atoms with Gasteiger partial charge in [0.05, 0.1) is 26.7 Å². The van der Waals surface area contributed by atoms with E-state index >= 15 is 0 Å². The molecule has 2 aromatic rings. The summed E-state index contributed by atoms with van der Waals surface area (Å²) in [7, 11) is 0. The molecule has 1 amide bonds.